The molecule has 1 aliphatic carbocycles. The predicted octanol–water partition coefficient (Wildman–Crippen LogP) is 4.84. The van der Waals surface area contributed by atoms with Gasteiger partial charge >= 0.3 is 0 Å². The van der Waals surface area contributed by atoms with E-state index in [1.807, 2.05) is 30.3 Å². The van der Waals surface area contributed by atoms with E-state index in [1.54, 1.807) is 0 Å². The van der Waals surface area contributed by atoms with E-state index in [9.17, 15) is 0 Å². The number of thiocarbonyl (C=S) groups is 1. The first-order valence-electron chi connectivity index (χ1n) is 7.34. The van der Waals surface area contributed by atoms with Crippen molar-refractivity contribution >= 4 is 17.3 Å². The molecule has 104 valence electrons. The van der Waals surface area contributed by atoms with Gasteiger partial charge in [-0.1, -0.05) is 57.5 Å². The summed E-state index contributed by atoms with van der Waals surface area (Å²) in [5.41, 5.74) is 1.03. The zero-order valence-corrected chi connectivity index (χ0v) is 13.0. The Kier molecular flexibility index (Phi) is 4.98. The Morgan fingerprint density at radius 1 is 1.21 bits per heavy atom. The van der Waals surface area contributed by atoms with Crippen molar-refractivity contribution < 1.29 is 4.74 Å². The van der Waals surface area contributed by atoms with Gasteiger partial charge in [-0.2, -0.15) is 0 Å². The number of ether oxygens (including phenoxy) is 1. The summed E-state index contributed by atoms with van der Waals surface area (Å²) < 4.78 is 6.15. The van der Waals surface area contributed by atoms with E-state index in [0.29, 0.717) is 16.9 Å². The van der Waals surface area contributed by atoms with Crippen molar-refractivity contribution in [2.75, 3.05) is 0 Å². The molecule has 1 fully saturated rings. The van der Waals surface area contributed by atoms with E-state index < -0.39 is 0 Å². The van der Waals surface area contributed by atoms with Gasteiger partial charge in [0, 0.05) is 5.56 Å². The molecule has 0 saturated heterocycles. The topological polar surface area (TPSA) is 9.23 Å². The molecule has 1 aromatic carbocycles. The van der Waals surface area contributed by atoms with Crippen molar-refractivity contribution in [3.8, 4) is 0 Å². The lowest BCUT2D eigenvalue weighted by Crippen LogP contribution is -2.35. The molecule has 0 radical (unpaired) electrons. The molecule has 19 heavy (non-hydrogen) atoms. The summed E-state index contributed by atoms with van der Waals surface area (Å²) >= 11 is 5.46. The second-order valence-corrected chi connectivity index (χ2v) is 6.51. The van der Waals surface area contributed by atoms with Crippen LogP contribution in [0.25, 0.3) is 0 Å². The second-order valence-electron chi connectivity index (χ2n) is 6.14. The van der Waals surface area contributed by atoms with Crippen LogP contribution in [0.15, 0.2) is 30.3 Å². The van der Waals surface area contributed by atoms with Crippen molar-refractivity contribution in [1.82, 2.24) is 0 Å². The van der Waals surface area contributed by atoms with Crippen molar-refractivity contribution in [3.63, 3.8) is 0 Å². The summed E-state index contributed by atoms with van der Waals surface area (Å²) in [6.07, 6.45) is 4.01. The Labute approximate surface area is 122 Å². The van der Waals surface area contributed by atoms with Gasteiger partial charge in [0.25, 0.3) is 0 Å². The molecule has 0 N–H and O–H groups in total. The first-order chi connectivity index (χ1) is 9.08. The Morgan fingerprint density at radius 3 is 2.53 bits per heavy atom. The summed E-state index contributed by atoms with van der Waals surface area (Å²) in [6.45, 7) is 6.91. The lowest BCUT2D eigenvalue weighted by Gasteiger charge is -2.37. The summed E-state index contributed by atoms with van der Waals surface area (Å²) in [6, 6.07) is 10.1. The summed E-state index contributed by atoms with van der Waals surface area (Å²) in [5.74, 6) is 2.05. The fraction of sp³-hybridized carbons (Fsp3) is 0.588. The molecule has 1 nitrogen and oxygen atoms in total. The Hall–Kier alpha value is -0.890. The van der Waals surface area contributed by atoms with Crippen molar-refractivity contribution in [2.45, 2.75) is 46.1 Å². The molecule has 0 aromatic heterocycles. The van der Waals surface area contributed by atoms with Crippen molar-refractivity contribution in [1.29, 1.82) is 0 Å². The maximum Gasteiger partial charge on any atom is 0.191 e. The van der Waals surface area contributed by atoms with Gasteiger partial charge in [0.1, 0.15) is 6.10 Å². The molecular weight excluding hydrogens is 252 g/mol. The molecule has 1 aliphatic rings. The lowest BCUT2D eigenvalue weighted by molar-refractivity contribution is 0.0401. The van der Waals surface area contributed by atoms with Crippen LogP contribution in [0.4, 0.5) is 0 Å². The summed E-state index contributed by atoms with van der Waals surface area (Å²) in [5, 5.41) is 0.658. The molecule has 1 saturated carbocycles. The molecule has 0 aliphatic heterocycles. The first-order valence-corrected chi connectivity index (χ1v) is 7.74. The minimum atomic E-state index is 0.288. The van der Waals surface area contributed by atoms with Gasteiger partial charge in [-0.25, -0.2) is 0 Å². The van der Waals surface area contributed by atoms with Gasteiger partial charge in [0.05, 0.1) is 0 Å². The SMILES string of the molecule is CC(C)[C@@H]1CC[C@@H](C)C[C@H]1OC(=S)c1ccccc1. The minimum Gasteiger partial charge on any atom is -0.479 e. The predicted molar refractivity (Wildman–Crippen MR) is 84.4 cm³/mol. The fourth-order valence-corrected chi connectivity index (χ4v) is 3.29. The van der Waals surface area contributed by atoms with E-state index in [4.69, 9.17) is 17.0 Å². The molecule has 1 aromatic rings. The number of rotatable bonds is 3. The highest BCUT2D eigenvalue weighted by atomic mass is 32.1. The maximum atomic E-state index is 6.15. The van der Waals surface area contributed by atoms with Gasteiger partial charge < -0.3 is 4.74 Å². The van der Waals surface area contributed by atoms with Crippen molar-refractivity contribution in [2.24, 2.45) is 17.8 Å². The Morgan fingerprint density at radius 2 is 1.89 bits per heavy atom. The largest absolute Gasteiger partial charge is 0.479 e. The van der Waals surface area contributed by atoms with Gasteiger partial charge in [-0.3, -0.25) is 0 Å². The molecule has 0 amide bonds. The first kappa shape index (κ1) is 14.5. The quantitative estimate of drug-likeness (QED) is 0.731. The maximum absolute atomic E-state index is 6.15. The van der Waals surface area contributed by atoms with Crippen LogP contribution >= 0.6 is 12.2 Å². The van der Waals surface area contributed by atoms with Crippen molar-refractivity contribution in [3.05, 3.63) is 35.9 Å². The zero-order chi connectivity index (χ0) is 13.8. The van der Waals surface area contributed by atoms with Crippen LogP contribution in [-0.2, 0) is 4.74 Å². The Bertz CT molecular complexity index is 413. The van der Waals surface area contributed by atoms with Gasteiger partial charge in [-0.15, -0.1) is 0 Å². The molecule has 0 unspecified atom stereocenters. The van der Waals surface area contributed by atoms with Crippen LogP contribution in [0.1, 0.15) is 45.6 Å². The average molecular weight is 276 g/mol. The van der Waals surface area contributed by atoms with E-state index in [0.717, 1.165) is 17.9 Å². The molecule has 0 bridgehead atoms. The molecule has 2 heteroatoms. The van der Waals surface area contributed by atoms with E-state index in [2.05, 4.69) is 20.8 Å². The van der Waals surface area contributed by atoms with Gasteiger partial charge in [0.2, 0.25) is 0 Å². The smallest absolute Gasteiger partial charge is 0.191 e. The van der Waals surface area contributed by atoms with Crippen LogP contribution in [-0.4, -0.2) is 11.2 Å². The summed E-state index contributed by atoms with van der Waals surface area (Å²) in [7, 11) is 0. The van der Waals surface area contributed by atoms with Gasteiger partial charge in [0.15, 0.2) is 5.05 Å². The van der Waals surface area contributed by atoms with E-state index in [1.165, 1.54) is 12.8 Å². The fourth-order valence-electron chi connectivity index (χ4n) is 3.03. The van der Waals surface area contributed by atoms with Crippen LogP contribution in [0.2, 0.25) is 0 Å². The molecule has 3 atom stereocenters. The van der Waals surface area contributed by atoms with Crippen LogP contribution in [0.5, 0.6) is 0 Å². The monoisotopic (exact) mass is 276 g/mol. The minimum absolute atomic E-state index is 0.288. The third-order valence-corrected chi connectivity index (χ3v) is 4.56. The number of hydrogen-bond donors (Lipinski definition) is 0. The highest BCUT2D eigenvalue weighted by molar-refractivity contribution is 7.80. The zero-order valence-electron chi connectivity index (χ0n) is 12.1. The number of benzene rings is 1. The molecule has 0 heterocycles. The average Bonchev–Trinajstić information content (AvgIpc) is 2.39. The van der Waals surface area contributed by atoms with Crippen LogP contribution < -0.4 is 0 Å². The second kappa shape index (κ2) is 6.51. The number of hydrogen-bond acceptors (Lipinski definition) is 2. The highest BCUT2D eigenvalue weighted by Crippen LogP contribution is 2.35. The van der Waals surface area contributed by atoms with E-state index >= 15 is 0 Å². The van der Waals surface area contributed by atoms with Crippen LogP contribution in [0, 0.1) is 17.8 Å². The normalized spacial score (nSPS) is 27.3. The molecule has 2 rings (SSSR count). The molecular formula is C17H24OS. The standard InChI is InChI=1S/C17H24OS/c1-12(2)15-10-9-13(3)11-16(15)18-17(19)14-7-5-4-6-8-14/h4-8,12-13,15-16H,9-11H2,1-3H3/t13-,15+,16-/m1/s1. The van der Waals surface area contributed by atoms with Crippen LogP contribution in [0.3, 0.4) is 0 Å². The van der Waals surface area contributed by atoms with Gasteiger partial charge in [-0.05, 0) is 42.8 Å². The third kappa shape index (κ3) is 3.79. The molecule has 0 spiro atoms. The highest BCUT2D eigenvalue weighted by Gasteiger charge is 2.32. The summed E-state index contributed by atoms with van der Waals surface area (Å²) in [4.78, 5) is 0. The van der Waals surface area contributed by atoms with E-state index in [-0.39, 0.29) is 6.10 Å². The third-order valence-electron chi connectivity index (χ3n) is 4.23. The lowest BCUT2D eigenvalue weighted by atomic mass is 9.75. The Balaban J connectivity index is 2.04.